The van der Waals surface area contributed by atoms with E-state index in [9.17, 15) is 4.79 Å². The van der Waals surface area contributed by atoms with E-state index in [1.54, 1.807) is 49.6 Å². The summed E-state index contributed by atoms with van der Waals surface area (Å²) < 4.78 is 5.13. The van der Waals surface area contributed by atoms with Crippen LogP contribution in [0.4, 0.5) is 17.3 Å². The van der Waals surface area contributed by atoms with Crippen molar-refractivity contribution in [2.24, 2.45) is 0 Å². The Morgan fingerprint density at radius 1 is 1.08 bits per heavy atom. The Morgan fingerprint density at radius 2 is 1.85 bits per heavy atom. The molecule has 0 unspecified atom stereocenters. The second kappa shape index (κ2) is 8.03. The van der Waals surface area contributed by atoms with Crippen molar-refractivity contribution in [1.29, 1.82) is 0 Å². The Bertz CT molecular complexity index is 933. The first-order chi connectivity index (χ1) is 12.5. The summed E-state index contributed by atoms with van der Waals surface area (Å²) in [7, 11) is 1.56. The van der Waals surface area contributed by atoms with Crippen LogP contribution in [-0.4, -0.2) is 23.0 Å². The van der Waals surface area contributed by atoms with Crippen LogP contribution in [0.1, 0.15) is 10.4 Å². The Morgan fingerprint density at radius 3 is 2.54 bits per heavy atom. The number of methoxy groups -OCH3 is 1. The molecule has 132 valence electrons. The lowest BCUT2D eigenvalue weighted by atomic mass is 10.2. The van der Waals surface area contributed by atoms with Gasteiger partial charge in [-0.25, -0.2) is 9.97 Å². The molecule has 1 heterocycles. The van der Waals surface area contributed by atoms with Crippen molar-refractivity contribution in [3.63, 3.8) is 0 Å². The van der Waals surface area contributed by atoms with Crippen molar-refractivity contribution >= 4 is 46.4 Å². The fourth-order valence-corrected chi connectivity index (χ4v) is 2.58. The van der Waals surface area contributed by atoms with Gasteiger partial charge in [-0.3, -0.25) is 4.79 Å². The van der Waals surface area contributed by atoms with Crippen molar-refractivity contribution in [3.05, 3.63) is 70.5 Å². The Labute approximate surface area is 160 Å². The third-order valence-corrected chi connectivity index (χ3v) is 3.97. The minimum Gasteiger partial charge on any atom is -0.497 e. The smallest absolute Gasteiger partial charge is 0.258 e. The van der Waals surface area contributed by atoms with Gasteiger partial charge in [-0.05, 0) is 30.3 Å². The molecule has 3 rings (SSSR count). The number of carbonyl (C=O) groups is 1. The molecule has 0 fully saturated rings. The van der Waals surface area contributed by atoms with Crippen LogP contribution in [0, 0.1) is 0 Å². The minimum atomic E-state index is -0.325. The average molecular weight is 389 g/mol. The molecule has 2 aromatic carbocycles. The number of nitrogens with zero attached hydrogens (tertiary/aromatic N) is 2. The van der Waals surface area contributed by atoms with Crippen molar-refractivity contribution in [2.75, 3.05) is 17.7 Å². The van der Waals surface area contributed by atoms with Crippen LogP contribution in [-0.2, 0) is 0 Å². The van der Waals surface area contributed by atoms with Gasteiger partial charge in [-0.1, -0.05) is 29.3 Å². The topological polar surface area (TPSA) is 76.1 Å². The SMILES string of the molecule is COc1cccc(NC(=O)c2cnc(Nc3ccc(Cl)cc3Cl)nc2)c1. The maximum atomic E-state index is 12.3. The van der Waals surface area contributed by atoms with E-state index >= 15 is 0 Å². The third kappa shape index (κ3) is 4.41. The Balaban J connectivity index is 1.69. The van der Waals surface area contributed by atoms with Gasteiger partial charge in [0.1, 0.15) is 5.75 Å². The summed E-state index contributed by atoms with van der Waals surface area (Å²) >= 11 is 12.0. The van der Waals surface area contributed by atoms with Crippen molar-refractivity contribution < 1.29 is 9.53 Å². The zero-order valence-corrected chi connectivity index (χ0v) is 15.2. The van der Waals surface area contributed by atoms with Crippen molar-refractivity contribution in [3.8, 4) is 5.75 Å². The van der Waals surface area contributed by atoms with Crippen LogP contribution in [0.2, 0.25) is 10.0 Å². The zero-order chi connectivity index (χ0) is 18.5. The van der Waals surface area contributed by atoms with Gasteiger partial charge in [0, 0.05) is 29.2 Å². The quantitative estimate of drug-likeness (QED) is 0.656. The van der Waals surface area contributed by atoms with Gasteiger partial charge in [-0.2, -0.15) is 0 Å². The normalized spacial score (nSPS) is 10.3. The first-order valence-corrected chi connectivity index (χ1v) is 8.30. The molecule has 0 saturated heterocycles. The fourth-order valence-electron chi connectivity index (χ4n) is 2.13. The second-order valence-corrected chi connectivity index (χ2v) is 6.07. The van der Waals surface area contributed by atoms with E-state index in [1.807, 2.05) is 0 Å². The van der Waals surface area contributed by atoms with Gasteiger partial charge in [0.15, 0.2) is 0 Å². The van der Waals surface area contributed by atoms with Gasteiger partial charge >= 0.3 is 0 Å². The summed E-state index contributed by atoms with van der Waals surface area (Å²) in [5.74, 6) is 0.639. The zero-order valence-electron chi connectivity index (χ0n) is 13.7. The largest absolute Gasteiger partial charge is 0.497 e. The van der Waals surface area contributed by atoms with Crippen molar-refractivity contribution in [2.45, 2.75) is 0 Å². The summed E-state index contributed by atoms with van der Waals surface area (Å²) in [6.45, 7) is 0. The first-order valence-electron chi connectivity index (χ1n) is 7.54. The summed E-state index contributed by atoms with van der Waals surface area (Å²) in [4.78, 5) is 20.6. The fraction of sp³-hybridized carbons (Fsp3) is 0.0556. The Kier molecular flexibility index (Phi) is 5.55. The molecule has 0 bridgehead atoms. The van der Waals surface area contributed by atoms with Gasteiger partial charge < -0.3 is 15.4 Å². The van der Waals surface area contributed by atoms with E-state index in [0.29, 0.717) is 38.7 Å². The molecule has 1 aromatic heterocycles. The molecule has 3 aromatic rings. The van der Waals surface area contributed by atoms with E-state index in [-0.39, 0.29) is 5.91 Å². The number of hydrogen-bond donors (Lipinski definition) is 2. The maximum absolute atomic E-state index is 12.3. The molecular formula is C18H14Cl2N4O2. The van der Waals surface area contributed by atoms with E-state index in [2.05, 4.69) is 20.6 Å². The van der Waals surface area contributed by atoms with E-state index in [1.165, 1.54) is 12.4 Å². The van der Waals surface area contributed by atoms with Crippen LogP contribution in [0.25, 0.3) is 0 Å². The number of rotatable bonds is 5. The number of aromatic nitrogens is 2. The highest BCUT2D eigenvalue weighted by molar-refractivity contribution is 6.36. The summed E-state index contributed by atoms with van der Waals surface area (Å²) in [5, 5.41) is 6.71. The summed E-state index contributed by atoms with van der Waals surface area (Å²) in [6.07, 6.45) is 2.85. The molecule has 0 atom stereocenters. The van der Waals surface area contributed by atoms with Crippen LogP contribution < -0.4 is 15.4 Å². The van der Waals surface area contributed by atoms with Crippen molar-refractivity contribution in [1.82, 2.24) is 9.97 Å². The predicted octanol–water partition coefficient (Wildman–Crippen LogP) is 4.79. The number of hydrogen-bond acceptors (Lipinski definition) is 5. The molecule has 1 amide bonds. The van der Waals surface area contributed by atoms with Crippen LogP contribution >= 0.6 is 23.2 Å². The number of nitrogens with one attached hydrogen (secondary N) is 2. The van der Waals surface area contributed by atoms with Gasteiger partial charge in [-0.15, -0.1) is 0 Å². The van der Waals surface area contributed by atoms with Gasteiger partial charge in [0.25, 0.3) is 5.91 Å². The van der Waals surface area contributed by atoms with Gasteiger partial charge in [0.05, 0.1) is 23.4 Å². The lowest BCUT2D eigenvalue weighted by Gasteiger charge is -2.09. The molecular weight excluding hydrogens is 375 g/mol. The average Bonchev–Trinajstić information content (AvgIpc) is 2.64. The monoisotopic (exact) mass is 388 g/mol. The molecule has 0 saturated carbocycles. The highest BCUT2D eigenvalue weighted by Crippen LogP contribution is 2.27. The third-order valence-electron chi connectivity index (χ3n) is 3.42. The number of halogens is 2. The molecule has 2 N–H and O–H groups in total. The van der Waals surface area contributed by atoms with Gasteiger partial charge in [0.2, 0.25) is 5.95 Å². The highest BCUT2D eigenvalue weighted by atomic mass is 35.5. The number of carbonyl (C=O) groups excluding carboxylic acids is 1. The molecule has 0 radical (unpaired) electrons. The molecule has 0 spiro atoms. The number of ether oxygens (including phenoxy) is 1. The standard InChI is InChI=1S/C18H14Cl2N4O2/c1-26-14-4-2-3-13(8-14)23-17(25)11-9-21-18(22-10-11)24-16-6-5-12(19)7-15(16)20/h2-10H,1H3,(H,23,25)(H,21,22,24). The minimum absolute atomic E-state index is 0.312. The Hall–Kier alpha value is -2.83. The molecule has 0 aliphatic heterocycles. The van der Waals surface area contributed by atoms with Crippen LogP contribution in [0.15, 0.2) is 54.9 Å². The van der Waals surface area contributed by atoms with Crippen LogP contribution in [0.3, 0.4) is 0 Å². The number of amides is 1. The van der Waals surface area contributed by atoms with E-state index < -0.39 is 0 Å². The van der Waals surface area contributed by atoms with Crippen LogP contribution in [0.5, 0.6) is 5.75 Å². The second-order valence-electron chi connectivity index (χ2n) is 5.23. The molecule has 0 aliphatic carbocycles. The molecule has 8 heteroatoms. The molecule has 0 aliphatic rings. The van der Waals surface area contributed by atoms with E-state index in [4.69, 9.17) is 27.9 Å². The summed E-state index contributed by atoms with van der Waals surface area (Å²) in [6, 6.07) is 12.1. The first kappa shape index (κ1) is 18.0. The predicted molar refractivity (Wildman–Crippen MR) is 103 cm³/mol. The maximum Gasteiger partial charge on any atom is 0.258 e. The molecule has 26 heavy (non-hydrogen) atoms. The number of anilines is 3. The number of benzene rings is 2. The van der Waals surface area contributed by atoms with E-state index in [0.717, 1.165) is 0 Å². The highest BCUT2D eigenvalue weighted by Gasteiger charge is 2.09. The lowest BCUT2D eigenvalue weighted by Crippen LogP contribution is -2.13. The summed E-state index contributed by atoms with van der Waals surface area (Å²) in [5.41, 5.74) is 1.55. The molecule has 6 nitrogen and oxygen atoms in total. The lowest BCUT2D eigenvalue weighted by molar-refractivity contribution is 0.102.